The van der Waals surface area contributed by atoms with Gasteiger partial charge < -0.3 is 15.3 Å². The fourth-order valence-electron chi connectivity index (χ4n) is 3.47. The highest BCUT2D eigenvalue weighted by atomic mass is 16.3. The number of likely N-dealkylation sites (tertiary alicyclic amines) is 1. The molecule has 2 atom stereocenters. The number of nitrogens with one attached hydrogen (secondary N) is 1. The Morgan fingerprint density at radius 2 is 1.95 bits per heavy atom. The van der Waals surface area contributed by atoms with E-state index in [0.717, 1.165) is 51.1 Å². The van der Waals surface area contributed by atoms with Crippen LogP contribution in [-0.4, -0.2) is 41.3 Å². The topological polar surface area (TPSA) is 52.6 Å². The van der Waals surface area contributed by atoms with E-state index in [0.29, 0.717) is 5.92 Å². The van der Waals surface area contributed by atoms with E-state index < -0.39 is 0 Å². The normalized spacial score (nSPS) is 33.2. The molecule has 0 aromatic heterocycles. The van der Waals surface area contributed by atoms with E-state index in [2.05, 4.69) is 19.2 Å². The standard InChI is InChI=1S/C15H28N2O2/c1-12-5-8-17(9-6-12)14(19)16-15(11-18)7-3-4-13(2)10-15/h12-13,18H,3-11H2,1-2H3,(H,16,19). The second-order valence-electron chi connectivity index (χ2n) is 6.74. The minimum atomic E-state index is -0.377. The molecular formula is C15H28N2O2. The van der Waals surface area contributed by atoms with Crippen molar-refractivity contribution in [3.63, 3.8) is 0 Å². The molecule has 0 aromatic rings. The number of nitrogens with zero attached hydrogens (tertiary/aromatic N) is 1. The van der Waals surface area contributed by atoms with Crippen LogP contribution < -0.4 is 5.32 Å². The maximum atomic E-state index is 12.3. The van der Waals surface area contributed by atoms with Gasteiger partial charge in [-0.05, 0) is 37.5 Å². The van der Waals surface area contributed by atoms with E-state index in [1.807, 2.05) is 4.90 Å². The Kier molecular flexibility index (Phi) is 4.71. The van der Waals surface area contributed by atoms with Gasteiger partial charge in [0.1, 0.15) is 0 Å². The summed E-state index contributed by atoms with van der Waals surface area (Å²) in [6.07, 6.45) is 6.30. The molecule has 4 heteroatoms. The van der Waals surface area contributed by atoms with Crippen LogP contribution in [0.5, 0.6) is 0 Å². The molecule has 2 aliphatic rings. The van der Waals surface area contributed by atoms with Crippen LogP contribution in [0.3, 0.4) is 0 Å². The number of carbonyl (C=O) groups excluding carboxylic acids is 1. The quantitative estimate of drug-likeness (QED) is 0.808. The van der Waals surface area contributed by atoms with Gasteiger partial charge in [0.05, 0.1) is 12.1 Å². The number of aliphatic hydroxyl groups is 1. The van der Waals surface area contributed by atoms with E-state index >= 15 is 0 Å². The van der Waals surface area contributed by atoms with E-state index in [1.54, 1.807) is 0 Å². The Bertz CT molecular complexity index is 313. The van der Waals surface area contributed by atoms with E-state index in [4.69, 9.17) is 0 Å². The molecule has 2 fully saturated rings. The van der Waals surface area contributed by atoms with Gasteiger partial charge in [0.2, 0.25) is 0 Å². The summed E-state index contributed by atoms with van der Waals surface area (Å²) in [5, 5.41) is 12.8. The second kappa shape index (κ2) is 6.12. The highest BCUT2D eigenvalue weighted by Gasteiger charge is 2.37. The average Bonchev–Trinajstić information content (AvgIpc) is 2.39. The first kappa shape index (κ1) is 14.6. The number of hydrogen-bond acceptors (Lipinski definition) is 2. The second-order valence-corrected chi connectivity index (χ2v) is 6.74. The highest BCUT2D eigenvalue weighted by molar-refractivity contribution is 5.75. The van der Waals surface area contributed by atoms with Crippen LogP contribution in [0.2, 0.25) is 0 Å². The maximum Gasteiger partial charge on any atom is 0.317 e. The highest BCUT2D eigenvalue weighted by Crippen LogP contribution is 2.32. The van der Waals surface area contributed by atoms with Crippen molar-refractivity contribution >= 4 is 6.03 Å². The smallest absolute Gasteiger partial charge is 0.317 e. The molecule has 110 valence electrons. The average molecular weight is 268 g/mol. The van der Waals surface area contributed by atoms with Gasteiger partial charge in [0, 0.05) is 13.1 Å². The Balaban J connectivity index is 1.92. The van der Waals surface area contributed by atoms with Gasteiger partial charge in [0.25, 0.3) is 0 Å². The molecule has 2 unspecified atom stereocenters. The van der Waals surface area contributed by atoms with E-state index in [9.17, 15) is 9.90 Å². The molecule has 1 saturated carbocycles. The van der Waals surface area contributed by atoms with Crippen molar-refractivity contribution in [3.8, 4) is 0 Å². The molecule has 4 nitrogen and oxygen atoms in total. The Hall–Kier alpha value is -0.770. The first-order valence-electron chi connectivity index (χ1n) is 7.72. The third-order valence-electron chi connectivity index (χ3n) is 4.84. The lowest BCUT2D eigenvalue weighted by Crippen LogP contribution is -2.58. The number of urea groups is 1. The maximum absolute atomic E-state index is 12.3. The first-order chi connectivity index (χ1) is 9.04. The molecule has 1 aliphatic heterocycles. The third kappa shape index (κ3) is 3.62. The van der Waals surface area contributed by atoms with Crippen molar-refractivity contribution in [2.75, 3.05) is 19.7 Å². The molecule has 2 N–H and O–H groups in total. The van der Waals surface area contributed by atoms with Crippen LogP contribution in [0.15, 0.2) is 0 Å². The minimum Gasteiger partial charge on any atom is -0.394 e. The number of hydrogen-bond donors (Lipinski definition) is 2. The summed E-state index contributed by atoms with van der Waals surface area (Å²) in [6, 6.07) is 0.0232. The van der Waals surface area contributed by atoms with Crippen molar-refractivity contribution in [3.05, 3.63) is 0 Å². The minimum absolute atomic E-state index is 0.0232. The summed E-state index contributed by atoms with van der Waals surface area (Å²) >= 11 is 0. The van der Waals surface area contributed by atoms with Crippen LogP contribution >= 0.6 is 0 Å². The van der Waals surface area contributed by atoms with Gasteiger partial charge in [-0.25, -0.2) is 4.79 Å². The number of amides is 2. The molecule has 19 heavy (non-hydrogen) atoms. The summed E-state index contributed by atoms with van der Waals surface area (Å²) in [7, 11) is 0. The van der Waals surface area contributed by atoms with Gasteiger partial charge >= 0.3 is 6.03 Å². The lowest BCUT2D eigenvalue weighted by Gasteiger charge is -2.41. The van der Waals surface area contributed by atoms with E-state index in [1.165, 1.54) is 6.42 Å². The SMILES string of the molecule is CC1CCN(C(=O)NC2(CO)CCCC(C)C2)CC1. The fraction of sp³-hybridized carbons (Fsp3) is 0.933. The van der Waals surface area contributed by atoms with Gasteiger partial charge in [-0.1, -0.05) is 26.7 Å². The molecular weight excluding hydrogens is 240 g/mol. The lowest BCUT2D eigenvalue weighted by atomic mass is 9.77. The predicted molar refractivity (Wildman–Crippen MR) is 76.0 cm³/mol. The molecule has 1 saturated heterocycles. The molecule has 1 aliphatic carbocycles. The fourth-order valence-corrected chi connectivity index (χ4v) is 3.47. The summed E-state index contributed by atoms with van der Waals surface area (Å²) in [6.45, 7) is 6.22. The van der Waals surface area contributed by atoms with Gasteiger partial charge in [-0.15, -0.1) is 0 Å². The molecule has 2 amide bonds. The van der Waals surface area contributed by atoms with Crippen LogP contribution in [-0.2, 0) is 0 Å². The molecule has 2 rings (SSSR count). The molecule has 0 spiro atoms. The van der Waals surface area contributed by atoms with Gasteiger partial charge in [-0.3, -0.25) is 0 Å². The Morgan fingerprint density at radius 3 is 2.53 bits per heavy atom. The zero-order chi connectivity index (χ0) is 13.9. The Morgan fingerprint density at radius 1 is 1.26 bits per heavy atom. The summed E-state index contributed by atoms with van der Waals surface area (Å²) in [4.78, 5) is 14.3. The van der Waals surface area contributed by atoms with Gasteiger partial charge in [-0.2, -0.15) is 0 Å². The number of piperidine rings is 1. The monoisotopic (exact) mass is 268 g/mol. The van der Waals surface area contributed by atoms with Crippen LogP contribution in [0.1, 0.15) is 52.4 Å². The third-order valence-corrected chi connectivity index (χ3v) is 4.84. The van der Waals surface area contributed by atoms with Crippen LogP contribution in [0.4, 0.5) is 4.79 Å². The van der Waals surface area contributed by atoms with Crippen molar-refractivity contribution in [2.24, 2.45) is 11.8 Å². The first-order valence-corrected chi connectivity index (χ1v) is 7.72. The molecule has 1 heterocycles. The lowest BCUT2D eigenvalue weighted by molar-refractivity contribution is 0.0929. The van der Waals surface area contributed by atoms with E-state index in [-0.39, 0.29) is 18.2 Å². The molecule has 0 bridgehead atoms. The van der Waals surface area contributed by atoms with Crippen molar-refractivity contribution < 1.29 is 9.90 Å². The number of carbonyl (C=O) groups is 1. The van der Waals surface area contributed by atoms with Crippen molar-refractivity contribution in [1.29, 1.82) is 0 Å². The van der Waals surface area contributed by atoms with Crippen molar-refractivity contribution in [1.82, 2.24) is 10.2 Å². The van der Waals surface area contributed by atoms with Crippen molar-refractivity contribution in [2.45, 2.75) is 57.9 Å². The summed E-state index contributed by atoms with van der Waals surface area (Å²) < 4.78 is 0. The largest absolute Gasteiger partial charge is 0.394 e. The predicted octanol–water partition coefficient (Wildman–Crippen LogP) is 2.37. The molecule has 0 aromatic carbocycles. The zero-order valence-corrected chi connectivity index (χ0v) is 12.3. The molecule has 0 radical (unpaired) electrons. The van der Waals surface area contributed by atoms with Crippen LogP contribution in [0, 0.1) is 11.8 Å². The summed E-state index contributed by atoms with van der Waals surface area (Å²) in [5.41, 5.74) is -0.377. The van der Waals surface area contributed by atoms with Gasteiger partial charge in [0.15, 0.2) is 0 Å². The zero-order valence-electron chi connectivity index (χ0n) is 12.3. The van der Waals surface area contributed by atoms with Crippen LogP contribution in [0.25, 0.3) is 0 Å². The Labute approximate surface area is 116 Å². The summed E-state index contributed by atoms with van der Waals surface area (Å²) in [5.74, 6) is 1.31. The number of rotatable bonds is 2. The number of aliphatic hydroxyl groups excluding tert-OH is 1.